The highest BCUT2D eigenvalue weighted by molar-refractivity contribution is 5.48. The van der Waals surface area contributed by atoms with Gasteiger partial charge in [-0.15, -0.1) is 0 Å². The monoisotopic (exact) mass is 285 g/mol. The van der Waals surface area contributed by atoms with Crippen molar-refractivity contribution in [1.82, 2.24) is 4.98 Å². The number of hydrogen-bond donors (Lipinski definition) is 1. The molecule has 0 saturated heterocycles. The molecular formula is C17H21N2O2+. The van der Waals surface area contributed by atoms with Gasteiger partial charge in [0.1, 0.15) is 6.61 Å². The SMILES string of the molecule is C=[N+](O)/C=C/c1ccc(COc2ccccn2)cc1.CC. The van der Waals surface area contributed by atoms with Crippen LogP contribution in [0, 0.1) is 0 Å². The van der Waals surface area contributed by atoms with Crippen LogP contribution >= 0.6 is 0 Å². The highest BCUT2D eigenvalue weighted by Gasteiger charge is 1.97. The van der Waals surface area contributed by atoms with Crippen LogP contribution in [0.1, 0.15) is 25.0 Å². The van der Waals surface area contributed by atoms with Crippen LogP contribution in [0.5, 0.6) is 5.88 Å². The lowest BCUT2D eigenvalue weighted by Gasteiger charge is -2.04. The third-order valence-electron chi connectivity index (χ3n) is 2.44. The number of benzene rings is 1. The second kappa shape index (κ2) is 9.31. The fourth-order valence-corrected chi connectivity index (χ4v) is 1.49. The van der Waals surface area contributed by atoms with Crippen molar-refractivity contribution in [1.29, 1.82) is 0 Å². The van der Waals surface area contributed by atoms with Crippen LogP contribution in [0.4, 0.5) is 0 Å². The van der Waals surface area contributed by atoms with Gasteiger partial charge in [0.2, 0.25) is 12.1 Å². The molecule has 0 aliphatic heterocycles. The number of pyridine rings is 1. The number of hydrogen-bond acceptors (Lipinski definition) is 3. The maximum atomic E-state index is 8.89. The molecule has 110 valence electrons. The van der Waals surface area contributed by atoms with Crippen molar-refractivity contribution < 1.29 is 14.7 Å². The minimum atomic E-state index is 0.475. The van der Waals surface area contributed by atoms with Crippen molar-refractivity contribution in [2.75, 3.05) is 0 Å². The molecule has 4 heteroatoms. The van der Waals surface area contributed by atoms with Crippen molar-refractivity contribution in [3.05, 3.63) is 66.0 Å². The van der Waals surface area contributed by atoms with Crippen LogP contribution in [-0.2, 0) is 6.61 Å². The largest absolute Gasteiger partial charge is 0.473 e. The summed E-state index contributed by atoms with van der Waals surface area (Å²) in [4.78, 5) is 4.09. The maximum Gasteiger partial charge on any atom is 0.222 e. The molecule has 0 amide bonds. The van der Waals surface area contributed by atoms with Gasteiger partial charge in [-0.05, 0) is 21.9 Å². The molecule has 0 spiro atoms. The quantitative estimate of drug-likeness (QED) is 0.394. The van der Waals surface area contributed by atoms with Gasteiger partial charge in [-0.2, -0.15) is 0 Å². The molecule has 0 saturated carbocycles. The van der Waals surface area contributed by atoms with E-state index in [9.17, 15) is 0 Å². The number of hydroxylamine groups is 1. The third kappa shape index (κ3) is 6.38. The molecule has 21 heavy (non-hydrogen) atoms. The van der Waals surface area contributed by atoms with E-state index < -0.39 is 0 Å². The smallest absolute Gasteiger partial charge is 0.222 e. The summed E-state index contributed by atoms with van der Waals surface area (Å²) in [6.07, 6.45) is 4.93. The number of rotatable bonds is 5. The molecule has 0 bridgehead atoms. The van der Waals surface area contributed by atoms with Gasteiger partial charge >= 0.3 is 0 Å². The summed E-state index contributed by atoms with van der Waals surface area (Å²) < 4.78 is 6.30. The summed E-state index contributed by atoms with van der Waals surface area (Å²) in [6.45, 7) is 7.78. The maximum absolute atomic E-state index is 8.89. The fourth-order valence-electron chi connectivity index (χ4n) is 1.49. The first-order valence-corrected chi connectivity index (χ1v) is 6.83. The normalized spacial score (nSPS) is 9.81. The molecule has 1 heterocycles. The van der Waals surface area contributed by atoms with Gasteiger partial charge in [-0.3, -0.25) is 5.21 Å². The predicted octanol–water partition coefficient (Wildman–Crippen LogP) is 3.76. The molecule has 1 N–H and O–H groups in total. The summed E-state index contributed by atoms with van der Waals surface area (Å²) in [6, 6.07) is 13.4. The lowest BCUT2D eigenvalue weighted by molar-refractivity contribution is -0.718. The summed E-state index contributed by atoms with van der Waals surface area (Å²) in [5.74, 6) is 0.611. The van der Waals surface area contributed by atoms with E-state index in [2.05, 4.69) is 11.7 Å². The highest BCUT2D eigenvalue weighted by Crippen LogP contribution is 2.10. The molecule has 0 aliphatic rings. The average Bonchev–Trinajstić information content (AvgIpc) is 2.55. The number of ether oxygens (including phenoxy) is 1. The van der Waals surface area contributed by atoms with Crippen LogP contribution in [0.15, 0.2) is 54.9 Å². The van der Waals surface area contributed by atoms with Gasteiger partial charge in [-0.25, -0.2) is 4.98 Å². The van der Waals surface area contributed by atoms with Crippen LogP contribution < -0.4 is 4.74 Å². The minimum Gasteiger partial charge on any atom is -0.473 e. The molecule has 0 fully saturated rings. The van der Waals surface area contributed by atoms with E-state index in [1.54, 1.807) is 12.3 Å². The minimum absolute atomic E-state index is 0.475. The Labute approximate surface area is 125 Å². The van der Waals surface area contributed by atoms with Crippen molar-refractivity contribution in [3.8, 4) is 5.88 Å². The summed E-state index contributed by atoms with van der Waals surface area (Å²) in [7, 11) is 0. The van der Waals surface area contributed by atoms with Crippen molar-refractivity contribution >= 4 is 12.8 Å². The van der Waals surface area contributed by atoms with Gasteiger partial charge in [0.05, 0.1) is 0 Å². The second-order valence-electron chi connectivity index (χ2n) is 3.95. The lowest BCUT2D eigenvalue weighted by Crippen LogP contribution is -1.96. The van der Waals surface area contributed by atoms with Crippen LogP contribution in [0.25, 0.3) is 6.08 Å². The molecule has 2 rings (SSSR count). The Morgan fingerprint density at radius 2 is 1.90 bits per heavy atom. The highest BCUT2D eigenvalue weighted by atomic mass is 16.5. The van der Waals surface area contributed by atoms with Crippen LogP contribution in [-0.4, -0.2) is 21.6 Å². The summed E-state index contributed by atoms with van der Waals surface area (Å²) in [5, 5.41) is 8.89. The molecular weight excluding hydrogens is 264 g/mol. The Hall–Kier alpha value is -2.62. The predicted molar refractivity (Wildman–Crippen MR) is 84.6 cm³/mol. The molecule has 2 aromatic rings. The van der Waals surface area contributed by atoms with Gasteiger partial charge in [0, 0.05) is 18.3 Å². The van der Waals surface area contributed by atoms with Crippen LogP contribution in [0.2, 0.25) is 0 Å². The van der Waals surface area contributed by atoms with E-state index in [1.807, 2.05) is 56.3 Å². The van der Waals surface area contributed by atoms with Crippen molar-refractivity contribution in [2.45, 2.75) is 20.5 Å². The Morgan fingerprint density at radius 1 is 1.19 bits per heavy atom. The van der Waals surface area contributed by atoms with E-state index in [1.165, 1.54) is 6.20 Å². The zero-order chi connectivity index (χ0) is 15.5. The Balaban J connectivity index is 0.00000106. The van der Waals surface area contributed by atoms with Gasteiger partial charge in [0.15, 0.2) is 6.72 Å². The Bertz CT molecular complexity index is 563. The molecule has 0 radical (unpaired) electrons. The number of nitrogens with zero attached hydrogens (tertiary/aromatic N) is 2. The molecule has 4 nitrogen and oxygen atoms in total. The lowest BCUT2D eigenvalue weighted by atomic mass is 10.1. The molecule has 0 unspecified atom stereocenters. The van der Waals surface area contributed by atoms with Gasteiger partial charge < -0.3 is 4.74 Å². The third-order valence-corrected chi connectivity index (χ3v) is 2.44. The Kier molecular flexibility index (Phi) is 7.29. The molecule has 0 atom stereocenters. The van der Waals surface area contributed by atoms with E-state index in [-0.39, 0.29) is 0 Å². The van der Waals surface area contributed by atoms with Crippen molar-refractivity contribution in [2.24, 2.45) is 0 Å². The first-order valence-electron chi connectivity index (χ1n) is 6.83. The second-order valence-corrected chi connectivity index (χ2v) is 3.95. The molecule has 1 aromatic heterocycles. The first kappa shape index (κ1) is 16.4. The summed E-state index contributed by atoms with van der Waals surface area (Å²) >= 11 is 0. The molecule has 1 aromatic carbocycles. The zero-order valence-corrected chi connectivity index (χ0v) is 12.4. The van der Waals surface area contributed by atoms with Gasteiger partial charge in [0.25, 0.3) is 0 Å². The van der Waals surface area contributed by atoms with E-state index in [0.717, 1.165) is 15.9 Å². The van der Waals surface area contributed by atoms with E-state index in [0.29, 0.717) is 12.5 Å². The van der Waals surface area contributed by atoms with Gasteiger partial charge in [-0.1, -0.05) is 44.2 Å². The standard InChI is InChI=1S/C15H15N2O2.C2H6/c1-17(18)11-9-13-5-7-14(8-6-13)12-19-15-4-2-3-10-16-15;1-2/h2-11,18H,1,12H2;1-2H3/q+1;/b11-9+;. The van der Waals surface area contributed by atoms with E-state index in [4.69, 9.17) is 9.94 Å². The summed E-state index contributed by atoms with van der Waals surface area (Å²) in [5.41, 5.74) is 2.03. The zero-order valence-electron chi connectivity index (χ0n) is 12.4. The molecule has 0 aliphatic carbocycles. The fraction of sp³-hybridized carbons (Fsp3) is 0.176. The van der Waals surface area contributed by atoms with Crippen molar-refractivity contribution in [3.63, 3.8) is 0 Å². The first-order chi connectivity index (χ1) is 10.2. The average molecular weight is 285 g/mol. The van der Waals surface area contributed by atoms with Crippen LogP contribution in [0.3, 0.4) is 0 Å². The number of aromatic nitrogens is 1. The van der Waals surface area contributed by atoms with E-state index >= 15 is 0 Å². The Morgan fingerprint density at radius 3 is 2.48 bits per heavy atom. The topological polar surface area (TPSA) is 45.4 Å².